The smallest absolute Gasteiger partial charge is 0.153 e. The molecule has 0 amide bonds. The number of nitrogens with zero attached hydrogens (tertiary/aromatic N) is 1. The summed E-state index contributed by atoms with van der Waals surface area (Å²) in [6, 6.07) is 22.4. The molecule has 0 atom stereocenters. The Morgan fingerprint density at radius 2 is 1.57 bits per heavy atom. The first-order valence-electron chi connectivity index (χ1n) is 9.89. The molecule has 0 aliphatic heterocycles. The van der Waals surface area contributed by atoms with Gasteiger partial charge in [0.05, 0.1) is 10.9 Å². The van der Waals surface area contributed by atoms with Crippen LogP contribution in [0.15, 0.2) is 66.7 Å². The van der Waals surface area contributed by atoms with Crippen LogP contribution in [0.25, 0.3) is 22.0 Å². The number of anilines is 1. The van der Waals surface area contributed by atoms with E-state index in [-0.39, 0.29) is 0 Å². The average Bonchev–Trinajstić information content (AvgIpc) is 3.40. The maximum Gasteiger partial charge on any atom is 0.153 e. The molecule has 140 valence electrons. The number of aromatic amines is 1. The Hall–Kier alpha value is -3.27. The third-order valence-corrected chi connectivity index (χ3v) is 5.72. The molecule has 0 bridgehead atoms. The predicted molar refractivity (Wildman–Crippen MR) is 114 cm³/mol. The highest BCUT2D eigenvalue weighted by Gasteiger charge is 2.22. The summed E-state index contributed by atoms with van der Waals surface area (Å²) < 4.78 is 5.91. The van der Waals surface area contributed by atoms with E-state index in [9.17, 15) is 0 Å². The normalized spacial score (nSPS) is 14.6. The fraction of sp³-hybridized carbons (Fsp3) is 0.208. The van der Waals surface area contributed by atoms with Gasteiger partial charge in [-0.3, -0.25) is 5.10 Å². The van der Waals surface area contributed by atoms with Crippen molar-refractivity contribution >= 4 is 16.7 Å². The molecule has 3 N–H and O–H groups in total. The van der Waals surface area contributed by atoms with E-state index in [0.717, 1.165) is 33.5 Å². The van der Waals surface area contributed by atoms with E-state index >= 15 is 0 Å². The van der Waals surface area contributed by atoms with Crippen LogP contribution in [0.2, 0.25) is 0 Å². The zero-order valence-electron chi connectivity index (χ0n) is 15.7. The van der Waals surface area contributed by atoms with Gasteiger partial charge in [0.2, 0.25) is 0 Å². The van der Waals surface area contributed by atoms with Crippen LogP contribution < -0.4 is 10.5 Å². The van der Waals surface area contributed by atoms with Gasteiger partial charge in [-0.2, -0.15) is 5.10 Å². The van der Waals surface area contributed by atoms with Crippen LogP contribution in [0.5, 0.6) is 11.5 Å². The first-order valence-corrected chi connectivity index (χ1v) is 9.89. The number of benzene rings is 3. The number of hydrogen-bond donors (Lipinski definition) is 2. The number of para-hydroxylation sites is 1. The summed E-state index contributed by atoms with van der Waals surface area (Å²) in [5.41, 5.74) is 10.9. The lowest BCUT2D eigenvalue weighted by molar-refractivity contribution is 0.483. The lowest BCUT2D eigenvalue weighted by atomic mass is 9.91. The molecule has 1 aromatic heterocycles. The summed E-state index contributed by atoms with van der Waals surface area (Å²) in [4.78, 5) is 0. The van der Waals surface area contributed by atoms with Gasteiger partial charge in [0, 0.05) is 0 Å². The summed E-state index contributed by atoms with van der Waals surface area (Å²) in [7, 11) is 0. The van der Waals surface area contributed by atoms with Gasteiger partial charge in [-0.25, -0.2) is 0 Å². The molecule has 4 heteroatoms. The lowest BCUT2D eigenvalue weighted by Crippen LogP contribution is -1.95. The number of nitrogens with two attached hydrogens (primary N) is 1. The van der Waals surface area contributed by atoms with Gasteiger partial charge in [-0.1, -0.05) is 55.3 Å². The third kappa shape index (κ3) is 3.01. The summed E-state index contributed by atoms with van der Waals surface area (Å²) >= 11 is 0. The van der Waals surface area contributed by atoms with Gasteiger partial charge in [0.1, 0.15) is 11.5 Å². The predicted octanol–water partition coefficient (Wildman–Crippen LogP) is 6.26. The van der Waals surface area contributed by atoms with Gasteiger partial charge in [0.25, 0.3) is 0 Å². The molecule has 1 heterocycles. The summed E-state index contributed by atoms with van der Waals surface area (Å²) in [5, 5.41) is 8.53. The van der Waals surface area contributed by atoms with Crippen molar-refractivity contribution < 1.29 is 4.74 Å². The molecule has 1 fully saturated rings. The molecule has 3 aromatic carbocycles. The molecule has 4 aromatic rings. The number of fused-ring (bicyclic) bond motifs is 1. The van der Waals surface area contributed by atoms with Crippen molar-refractivity contribution in [1.29, 1.82) is 0 Å². The van der Waals surface area contributed by atoms with Crippen molar-refractivity contribution in [2.45, 2.75) is 31.6 Å². The van der Waals surface area contributed by atoms with Gasteiger partial charge >= 0.3 is 0 Å². The molecule has 0 spiro atoms. The second-order valence-corrected chi connectivity index (χ2v) is 7.48. The van der Waals surface area contributed by atoms with E-state index in [1.807, 2.05) is 42.5 Å². The van der Waals surface area contributed by atoms with Crippen molar-refractivity contribution in [1.82, 2.24) is 10.2 Å². The van der Waals surface area contributed by atoms with Crippen molar-refractivity contribution in [3.8, 4) is 22.6 Å². The monoisotopic (exact) mass is 369 g/mol. The minimum absolute atomic E-state index is 0.564. The van der Waals surface area contributed by atoms with Crippen LogP contribution >= 0.6 is 0 Å². The van der Waals surface area contributed by atoms with E-state index in [1.54, 1.807) is 0 Å². The van der Waals surface area contributed by atoms with Gasteiger partial charge in [-0.15, -0.1) is 0 Å². The molecule has 1 aliphatic rings. The Kier molecular flexibility index (Phi) is 4.24. The zero-order valence-corrected chi connectivity index (χ0v) is 15.7. The van der Waals surface area contributed by atoms with Crippen LogP contribution in [0.4, 0.5) is 5.82 Å². The number of nitrogens with one attached hydrogen (secondary N) is 1. The number of H-pyrrole nitrogens is 1. The number of ether oxygens (including phenoxy) is 1. The lowest BCUT2D eigenvalue weighted by Gasteiger charge is -2.13. The fourth-order valence-corrected chi connectivity index (χ4v) is 4.32. The molecular formula is C24H23N3O. The standard InChI is InChI=1S/C24H23N3O/c25-24-22-20(14-15-21(23(22)26-27-24)16-6-4-5-7-16)17-10-12-19(13-11-17)28-18-8-2-1-3-9-18/h1-3,8-16H,4-7H2,(H3,25,26,27). The number of rotatable bonds is 4. The van der Waals surface area contributed by atoms with Crippen molar-refractivity contribution in [3.05, 3.63) is 72.3 Å². The van der Waals surface area contributed by atoms with Crippen LogP contribution in [0.1, 0.15) is 37.2 Å². The molecular weight excluding hydrogens is 346 g/mol. The quantitative estimate of drug-likeness (QED) is 0.446. The average molecular weight is 369 g/mol. The van der Waals surface area contributed by atoms with Crippen molar-refractivity contribution in [2.24, 2.45) is 0 Å². The molecule has 4 nitrogen and oxygen atoms in total. The van der Waals surface area contributed by atoms with Crippen molar-refractivity contribution in [3.63, 3.8) is 0 Å². The minimum Gasteiger partial charge on any atom is -0.457 e. The molecule has 5 rings (SSSR count). The number of hydrogen-bond acceptors (Lipinski definition) is 3. The molecule has 0 unspecified atom stereocenters. The maximum atomic E-state index is 6.25. The zero-order chi connectivity index (χ0) is 18.9. The Balaban J connectivity index is 1.51. The van der Waals surface area contributed by atoms with E-state index in [0.29, 0.717) is 11.7 Å². The number of nitrogen functional groups attached to an aromatic ring is 1. The Labute approximate surface area is 164 Å². The molecule has 1 saturated carbocycles. The first-order chi connectivity index (χ1) is 13.8. The highest BCUT2D eigenvalue weighted by atomic mass is 16.5. The van der Waals surface area contributed by atoms with Crippen LogP contribution in [-0.2, 0) is 0 Å². The second kappa shape index (κ2) is 7.04. The minimum atomic E-state index is 0.564. The first kappa shape index (κ1) is 16.9. The van der Waals surface area contributed by atoms with Crippen LogP contribution in [0.3, 0.4) is 0 Å². The molecule has 0 saturated heterocycles. The fourth-order valence-electron chi connectivity index (χ4n) is 4.32. The molecule has 0 radical (unpaired) electrons. The largest absolute Gasteiger partial charge is 0.457 e. The van der Waals surface area contributed by atoms with Crippen molar-refractivity contribution in [2.75, 3.05) is 5.73 Å². The van der Waals surface area contributed by atoms with E-state index in [4.69, 9.17) is 10.5 Å². The topological polar surface area (TPSA) is 63.9 Å². The van der Waals surface area contributed by atoms with Crippen LogP contribution in [0, 0.1) is 0 Å². The highest BCUT2D eigenvalue weighted by Crippen LogP contribution is 2.41. The van der Waals surface area contributed by atoms with E-state index in [2.05, 4.69) is 34.5 Å². The Morgan fingerprint density at radius 1 is 0.857 bits per heavy atom. The van der Waals surface area contributed by atoms with Gasteiger partial charge in [-0.05, 0) is 59.7 Å². The maximum absolute atomic E-state index is 6.25. The van der Waals surface area contributed by atoms with E-state index in [1.165, 1.54) is 31.2 Å². The van der Waals surface area contributed by atoms with Gasteiger partial charge < -0.3 is 10.5 Å². The van der Waals surface area contributed by atoms with Gasteiger partial charge in [0.15, 0.2) is 5.82 Å². The summed E-state index contributed by atoms with van der Waals surface area (Å²) in [6.07, 6.45) is 5.11. The summed E-state index contributed by atoms with van der Waals surface area (Å²) in [5.74, 6) is 2.82. The third-order valence-electron chi connectivity index (χ3n) is 5.72. The molecule has 28 heavy (non-hydrogen) atoms. The molecule has 1 aliphatic carbocycles. The Morgan fingerprint density at radius 3 is 2.32 bits per heavy atom. The Bertz CT molecular complexity index is 1090. The van der Waals surface area contributed by atoms with E-state index < -0.39 is 0 Å². The second-order valence-electron chi connectivity index (χ2n) is 7.48. The highest BCUT2D eigenvalue weighted by molar-refractivity contribution is 6.03. The number of aromatic nitrogens is 2. The summed E-state index contributed by atoms with van der Waals surface area (Å²) in [6.45, 7) is 0. The van der Waals surface area contributed by atoms with Crippen LogP contribution in [-0.4, -0.2) is 10.2 Å². The SMILES string of the molecule is Nc1n[nH]c2c(C3CCCC3)ccc(-c3ccc(Oc4ccccc4)cc3)c12.